The van der Waals surface area contributed by atoms with Crippen LogP contribution in [0.2, 0.25) is 0 Å². The van der Waals surface area contributed by atoms with Gasteiger partial charge in [-0.15, -0.1) is 0 Å². The van der Waals surface area contributed by atoms with Crippen molar-refractivity contribution in [2.75, 3.05) is 13.2 Å². The van der Waals surface area contributed by atoms with Gasteiger partial charge >= 0.3 is 0 Å². The van der Waals surface area contributed by atoms with Gasteiger partial charge in [-0.25, -0.2) is 0 Å². The molecule has 0 saturated carbocycles. The highest BCUT2D eigenvalue weighted by Crippen LogP contribution is 2.31. The molecule has 0 atom stereocenters. The lowest BCUT2D eigenvalue weighted by Crippen LogP contribution is -2.15. The van der Waals surface area contributed by atoms with E-state index in [9.17, 15) is 4.79 Å². The van der Waals surface area contributed by atoms with Gasteiger partial charge in [-0.1, -0.05) is 35.9 Å². The van der Waals surface area contributed by atoms with Gasteiger partial charge in [0.05, 0.1) is 0 Å². The van der Waals surface area contributed by atoms with E-state index in [0.29, 0.717) is 13.2 Å². The molecule has 112 valence electrons. The van der Waals surface area contributed by atoms with E-state index in [1.54, 1.807) is 12.2 Å². The zero-order chi connectivity index (χ0) is 15.5. The number of hydrogen-bond acceptors (Lipinski definition) is 3. The first-order valence-electron chi connectivity index (χ1n) is 7.33. The van der Waals surface area contributed by atoms with Crippen LogP contribution in [-0.2, 0) is 0 Å². The van der Waals surface area contributed by atoms with Crippen LogP contribution in [0.25, 0.3) is 6.08 Å². The molecule has 0 aliphatic carbocycles. The summed E-state index contributed by atoms with van der Waals surface area (Å²) in [5.41, 5.74) is 3.81. The number of carbonyl (C=O) groups excluding carboxylic acids is 1. The topological polar surface area (TPSA) is 35.5 Å². The highest BCUT2D eigenvalue weighted by molar-refractivity contribution is 6.07. The summed E-state index contributed by atoms with van der Waals surface area (Å²) in [4.78, 5) is 12.3. The number of allylic oxidation sites excluding steroid dienone is 1. The minimum absolute atomic E-state index is 0.00684. The Kier molecular flexibility index (Phi) is 3.96. The van der Waals surface area contributed by atoms with Gasteiger partial charge in [-0.3, -0.25) is 4.79 Å². The number of rotatable bonds is 3. The monoisotopic (exact) mass is 294 g/mol. The average Bonchev–Trinajstić information content (AvgIpc) is 2.52. The molecular weight excluding hydrogens is 276 g/mol. The summed E-state index contributed by atoms with van der Waals surface area (Å²) in [5, 5.41) is 0. The Bertz CT molecular complexity index is 744. The second-order valence-corrected chi connectivity index (χ2v) is 5.42. The molecular formula is C19H18O3. The normalized spacial score (nSPS) is 13.4. The molecule has 0 unspecified atom stereocenters. The summed E-state index contributed by atoms with van der Waals surface area (Å²) >= 11 is 0. The van der Waals surface area contributed by atoms with Crippen molar-refractivity contribution in [3.05, 3.63) is 64.7 Å². The molecule has 3 heteroatoms. The van der Waals surface area contributed by atoms with Crippen molar-refractivity contribution >= 4 is 11.9 Å². The molecule has 1 aliphatic rings. The number of benzene rings is 2. The van der Waals surface area contributed by atoms with E-state index in [-0.39, 0.29) is 5.78 Å². The van der Waals surface area contributed by atoms with Crippen molar-refractivity contribution < 1.29 is 14.3 Å². The minimum atomic E-state index is 0.00684. The molecule has 1 aliphatic heterocycles. The Hall–Kier alpha value is -2.55. The average molecular weight is 294 g/mol. The molecule has 0 spiro atoms. The van der Waals surface area contributed by atoms with E-state index in [4.69, 9.17) is 9.47 Å². The Morgan fingerprint density at radius 3 is 2.55 bits per heavy atom. The van der Waals surface area contributed by atoms with Crippen LogP contribution in [-0.4, -0.2) is 19.0 Å². The third kappa shape index (κ3) is 3.03. The lowest BCUT2D eigenvalue weighted by Gasteiger charge is -2.18. The van der Waals surface area contributed by atoms with Gasteiger partial charge in [-0.05, 0) is 43.2 Å². The number of carbonyl (C=O) groups is 1. The lowest BCUT2D eigenvalue weighted by atomic mass is 10.0. The van der Waals surface area contributed by atoms with Crippen LogP contribution in [0.3, 0.4) is 0 Å². The van der Waals surface area contributed by atoms with Crippen molar-refractivity contribution in [3.63, 3.8) is 0 Å². The number of ketones is 1. The quantitative estimate of drug-likeness (QED) is 0.634. The van der Waals surface area contributed by atoms with E-state index in [1.807, 2.05) is 50.2 Å². The highest BCUT2D eigenvalue weighted by Gasteiger charge is 2.11. The van der Waals surface area contributed by atoms with E-state index in [2.05, 4.69) is 0 Å². The number of hydrogen-bond donors (Lipinski definition) is 0. The summed E-state index contributed by atoms with van der Waals surface area (Å²) in [5.74, 6) is 1.49. The van der Waals surface area contributed by atoms with E-state index in [1.165, 1.54) is 0 Å². The van der Waals surface area contributed by atoms with E-state index < -0.39 is 0 Å². The highest BCUT2D eigenvalue weighted by atomic mass is 16.6. The SMILES string of the molecule is Cc1ccc(C(=O)/C=C/c2ccc3c(c2)OCCO3)c(C)c1. The van der Waals surface area contributed by atoms with Gasteiger partial charge in [0.15, 0.2) is 17.3 Å². The van der Waals surface area contributed by atoms with Crippen LogP contribution < -0.4 is 9.47 Å². The maximum atomic E-state index is 12.3. The molecule has 2 aromatic carbocycles. The van der Waals surface area contributed by atoms with Crippen LogP contribution in [0.1, 0.15) is 27.0 Å². The minimum Gasteiger partial charge on any atom is -0.486 e. The number of ether oxygens (including phenoxy) is 2. The molecule has 0 N–H and O–H groups in total. The molecule has 0 fully saturated rings. The third-order valence-electron chi connectivity index (χ3n) is 3.64. The van der Waals surface area contributed by atoms with Crippen molar-refractivity contribution in [1.82, 2.24) is 0 Å². The predicted octanol–water partition coefficient (Wildman–Crippen LogP) is 3.97. The number of aryl methyl sites for hydroxylation is 2. The fourth-order valence-corrected chi connectivity index (χ4v) is 2.52. The van der Waals surface area contributed by atoms with Crippen molar-refractivity contribution in [1.29, 1.82) is 0 Å². The number of fused-ring (bicyclic) bond motifs is 1. The molecule has 0 radical (unpaired) electrons. The smallest absolute Gasteiger partial charge is 0.186 e. The summed E-state index contributed by atoms with van der Waals surface area (Å²) < 4.78 is 11.0. The molecule has 22 heavy (non-hydrogen) atoms. The van der Waals surface area contributed by atoms with E-state index in [0.717, 1.165) is 33.8 Å². The zero-order valence-electron chi connectivity index (χ0n) is 12.8. The second kappa shape index (κ2) is 6.06. The Labute approximate surface area is 130 Å². The van der Waals surface area contributed by atoms with Crippen LogP contribution >= 0.6 is 0 Å². The Balaban J connectivity index is 1.80. The fraction of sp³-hybridized carbons (Fsp3) is 0.211. The predicted molar refractivity (Wildman–Crippen MR) is 86.7 cm³/mol. The Morgan fingerprint density at radius 2 is 1.77 bits per heavy atom. The van der Waals surface area contributed by atoms with Crippen LogP contribution in [0.15, 0.2) is 42.5 Å². The molecule has 1 heterocycles. The Morgan fingerprint density at radius 1 is 1.00 bits per heavy atom. The zero-order valence-corrected chi connectivity index (χ0v) is 12.8. The largest absolute Gasteiger partial charge is 0.486 e. The maximum Gasteiger partial charge on any atom is 0.186 e. The summed E-state index contributed by atoms with van der Waals surface area (Å²) in [6.07, 6.45) is 3.41. The van der Waals surface area contributed by atoms with Gasteiger partial charge in [0.1, 0.15) is 13.2 Å². The second-order valence-electron chi connectivity index (χ2n) is 5.42. The van der Waals surface area contributed by atoms with Gasteiger partial charge in [-0.2, -0.15) is 0 Å². The molecule has 3 nitrogen and oxygen atoms in total. The first-order valence-corrected chi connectivity index (χ1v) is 7.33. The van der Waals surface area contributed by atoms with Gasteiger partial charge < -0.3 is 9.47 Å². The molecule has 3 rings (SSSR count). The standard InChI is InChI=1S/C19H18O3/c1-13-3-6-16(14(2)11-13)17(20)7-4-15-5-8-18-19(12-15)22-10-9-21-18/h3-8,11-12H,9-10H2,1-2H3/b7-4+. The summed E-state index contributed by atoms with van der Waals surface area (Å²) in [6, 6.07) is 11.5. The van der Waals surface area contributed by atoms with Crippen molar-refractivity contribution in [3.8, 4) is 11.5 Å². The van der Waals surface area contributed by atoms with Gasteiger partial charge in [0, 0.05) is 5.56 Å². The van der Waals surface area contributed by atoms with Crippen molar-refractivity contribution in [2.45, 2.75) is 13.8 Å². The lowest BCUT2D eigenvalue weighted by molar-refractivity contribution is 0.104. The van der Waals surface area contributed by atoms with Crippen LogP contribution in [0, 0.1) is 13.8 Å². The fourth-order valence-electron chi connectivity index (χ4n) is 2.52. The van der Waals surface area contributed by atoms with Crippen LogP contribution in [0.4, 0.5) is 0 Å². The maximum absolute atomic E-state index is 12.3. The first kappa shape index (κ1) is 14.4. The molecule has 0 aromatic heterocycles. The molecule has 0 saturated heterocycles. The first-order chi connectivity index (χ1) is 10.6. The molecule has 0 amide bonds. The van der Waals surface area contributed by atoms with E-state index >= 15 is 0 Å². The molecule has 0 bridgehead atoms. The molecule has 2 aromatic rings. The van der Waals surface area contributed by atoms with Crippen molar-refractivity contribution in [2.24, 2.45) is 0 Å². The van der Waals surface area contributed by atoms with Gasteiger partial charge in [0.2, 0.25) is 0 Å². The van der Waals surface area contributed by atoms with Gasteiger partial charge in [0.25, 0.3) is 0 Å². The van der Waals surface area contributed by atoms with Crippen LogP contribution in [0.5, 0.6) is 11.5 Å². The third-order valence-corrected chi connectivity index (χ3v) is 3.64. The summed E-state index contributed by atoms with van der Waals surface area (Å²) in [7, 11) is 0. The summed E-state index contributed by atoms with van der Waals surface area (Å²) in [6.45, 7) is 5.11.